The number of para-hydroxylation sites is 1. The first kappa shape index (κ1) is 20.2. The van der Waals surface area contributed by atoms with Crippen LogP contribution in [0.4, 0.5) is 11.4 Å². The van der Waals surface area contributed by atoms with Crippen LogP contribution in [0.2, 0.25) is 0 Å². The fourth-order valence-electron chi connectivity index (χ4n) is 3.78. The number of esters is 1. The van der Waals surface area contributed by atoms with E-state index >= 15 is 0 Å². The average Bonchev–Trinajstić information content (AvgIpc) is 3.43. The second kappa shape index (κ2) is 7.64. The standard InChI is InChI=1S/C21H22N2O6S/c1-2-28-19(24)14-29-18-10-8-16(9-11-18)22-20(25)21-12-15(21)13-23(30(21,26)27)17-6-4-3-5-7-17/h3-11,15H,2,12-14H2,1H3,(H,22,25)/t15-,21+/m1/s1. The van der Waals surface area contributed by atoms with E-state index in [9.17, 15) is 18.0 Å². The third-order valence-corrected chi connectivity index (χ3v) is 7.93. The molecule has 158 valence electrons. The van der Waals surface area contributed by atoms with E-state index in [0.29, 0.717) is 30.1 Å². The van der Waals surface area contributed by atoms with Crippen LogP contribution in [0, 0.1) is 5.92 Å². The number of ether oxygens (including phenoxy) is 2. The van der Waals surface area contributed by atoms with Gasteiger partial charge in [-0.15, -0.1) is 0 Å². The molecule has 30 heavy (non-hydrogen) atoms. The largest absolute Gasteiger partial charge is 0.482 e. The van der Waals surface area contributed by atoms with Crippen molar-refractivity contribution in [3.05, 3.63) is 54.6 Å². The molecule has 0 spiro atoms. The van der Waals surface area contributed by atoms with Crippen molar-refractivity contribution >= 4 is 33.3 Å². The van der Waals surface area contributed by atoms with Gasteiger partial charge in [0.25, 0.3) is 0 Å². The van der Waals surface area contributed by atoms with Crippen LogP contribution in [-0.4, -0.2) is 44.8 Å². The van der Waals surface area contributed by atoms with Crippen molar-refractivity contribution in [3.8, 4) is 5.75 Å². The van der Waals surface area contributed by atoms with Gasteiger partial charge in [-0.25, -0.2) is 13.2 Å². The van der Waals surface area contributed by atoms with Gasteiger partial charge in [-0.3, -0.25) is 9.10 Å². The normalized spacial score (nSPS) is 23.4. The Balaban J connectivity index is 1.43. The summed E-state index contributed by atoms with van der Waals surface area (Å²) in [5.41, 5.74) is 1.02. The lowest BCUT2D eigenvalue weighted by molar-refractivity contribution is -0.145. The van der Waals surface area contributed by atoms with Crippen LogP contribution in [0.25, 0.3) is 0 Å². The molecule has 0 radical (unpaired) electrons. The number of benzene rings is 2. The molecule has 1 saturated carbocycles. The summed E-state index contributed by atoms with van der Waals surface area (Å²) in [5, 5.41) is 2.71. The SMILES string of the molecule is CCOC(=O)COc1ccc(NC(=O)[C@]23C[C@@H]2CN(c2ccccc2)S3(=O)=O)cc1. The van der Waals surface area contributed by atoms with E-state index in [-0.39, 0.29) is 19.1 Å². The van der Waals surface area contributed by atoms with E-state index in [0.717, 1.165) is 0 Å². The first-order chi connectivity index (χ1) is 14.4. The maximum atomic E-state index is 13.1. The summed E-state index contributed by atoms with van der Waals surface area (Å²) in [7, 11) is -3.81. The van der Waals surface area contributed by atoms with Crippen LogP contribution in [0.5, 0.6) is 5.75 Å². The molecule has 8 nitrogen and oxygen atoms in total. The molecule has 1 N–H and O–H groups in total. The highest BCUT2D eigenvalue weighted by Gasteiger charge is 2.75. The smallest absolute Gasteiger partial charge is 0.344 e. The van der Waals surface area contributed by atoms with Crippen molar-refractivity contribution in [3.63, 3.8) is 0 Å². The number of nitrogens with one attached hydrogen (secondary N) is 1. The predicted octanol–water partition coefficient (Wildman–Crippen LogP) is 2.18. The topological polar surface area (TPSA) is 102 Å². The summed E-state index contributed by atoms with van der Waals surface area (Å²) in [6.07, 6.45) is 0.325. The van der Waals surface area contributed by atoms with E-state index in [2.05, 4.69) is 5.32 Å². The van der Waals surface area contributed by atoms with Gasteiger partial charge in [-0.1, -0.05) is 18.2 Å². The quantitative estimate of drug-likeness (QED) is 0.676. The molecule has 2 aromatic carbocycles. The monoisotopic (exact) mass is 430 g/mol. The molecule has 9 heteroatoms. The van der Waals surface area contributed by atoms with E-state index in [1.54, 1.807) is 55.5 Å². The lowest BCUT2D eigenvalue weighted by atomic mass is 10.2. The molecule has 2 fully saturated rings. The third kappa shape index (κ3) is 3.39. The Hall–Kier alpha value is -3.07. The van der Waals surface area contributed by atoms with E-state index in [1.807, 2.05) is 6.07 Å². The first-order valence-corrected chi connectivity index (χ1v) is 11.1. The summed E-state index contributed by atoms with van der Waals surface area (Å²) in [4.78, 5) is 24.3. The molecule has 1 heterocycles. The Bertz CT molecular complexity index is 1050. The molecule has 1 saturated heterocycles. The van der Waals surface area contributed by atoms with Gasteiger partial charge in [0.05, 0.1) is 12.3 Å². The Morgan fingerprint density at radius 2 is 1.83 bits per heavy atom. The van der Waals surface area contributed by atoms with Crippen molar-refractivity contribution < 1.29 is 27.5 Å². The zero-order valence-corrected chi connectivity index (χ0v) is 17.2. The number of rotatable bonds is 7. The Morgan fingerprint density at radius 3 is 2.50 bits per heavy atom. The number of carbonyl (C=O) groups excluding carboxylic acids is 2. The second-order valence-corrected chi connectivity index (χ2v) is 9.35. The Morgan fingerprint density at radius 1 is 1.13 bits per heavy atom. The molecule has 2 atom stereocenters. The van der Waals surface area contributed by atoms with Crippen LogP contribution in [0.1, 0.15) is 13.3 Å². The lowest BCUT2D eigenvalue weighted by Crippen LogP contribution is -2.42. The highest BCUT2D eigenvalue weighted by Crippen LogP contribution is 2.58. The number of fused-ring (bicyclic) bond motifs is 1. The highest BCUT2D eigenvalue weighted by atomic mass is 32.2. The van der Waals surface area contributed by atoms with Crippen LogP contribution in [-0.2, 0) is 24.3 Å². The third-order valence-electron chi connectivity index (χ3n) is 5.39. The summed E-state index contributed by atoms with van der Waals surface area (Å²) >= 11 is 0. The van der Waals surface area contributed by atoms with Gasteiger partial charge in [-0.05, 0) is 49.7 Å². The van der Waals surface area contributed by atoms with E-state index < -0.39 is 26.6 Å². The van der Waals surface area contributed by atoms with Gasteiger partial charge >= 0.3 is 5.97 Å². The second-order valence-electron chi connectivity index (χ2n) is 7.23. The van der Waals surface area contributed by atoms with Crippen molar-refractivity contribution in [2.75, 3.05) is 29.4 Å². The maximum absolute atomic E-state index is 13.1. The molecule has 1 aliphatic heterocycles. The van der Waals surface area contributed by atoms with Crippen LogP contribution >= 0.6 is 0 Å². The van der Waals surface area contributed by atoms with Gasteiger partial charge < -0.3 is 14.8 Å². The van der Waals surface area contributed by atoms with Gasteiger partial charge in [-0.2, -0.15) is 0 Å². The van der Waals surface area contributed by atoms with Crippen molar-refractivity contribution in [1.82, 2.24) is 0 Å². The molecular weight excluding hydrogens is 408 g/mol. The minimum atomic E-state index is -3.81. The Labute approximate surface area is 174 Å². The molecule has 0 unspecified atom stereocenters. The van der Waals surface area contributed by atoms with Crippen molar-refractivity contribution in [2.45, 2.75) is 18.1 Å². The number of sulfonamides is 1. The van der Waals surface area contributed by atoms with Crippen LogP contribution in [0.3, 0.4) is 0 Å². The molecule has 2 aliphatic rings. The molecule has 0 bridgehead atoms. The number of anilines is 2. The molecule has 4 rings (SSSR count). The molecule has 1 aliphatic carbocycles. The summed E-state index contributed by atoms with van der Waals surface area (Å²) in [6, 6.07) is 15.2. The van der Waals surface area contributed by atoms with E-state index in [4.69, 9.17) is 9.47 Å². The minimum absolute atomic E-state index is 0.210. The molecular formula is C21H22N2O6S. The minimum Gasteiger partial charge on any atom is -0.482 e. The molecule has 0 aromatic heterocycles. The summed E-state index contributed by atoms with van der Waals surface area (Å²) in [5.74, 6) is -0.781. The molecule has 2 aromatic rings. The number of hydrogen-bond donors (Lipinski definition) is 1. The number of nitrogens with zero attached hydrogens (tertiary/aromatic N) is 1. The predicted molar refractivity (Wildman–Crippen MR) is 111 cm³/mol. The fourth-order valence-corrected chi connectivity index (χ4v) is 6.14. The van der Waals surface area contributed by atoms with Crippen molar-refractivity contribution in [1.29, 1.82) is 0 Å². The summed E-state index contributed by atoms with van der Waals surface area (Å²) < 4.78 is 36.3. The van der Waals surface area contributed by atoms with Gasteiger partial charge in [0.15, 0.2) is 11.4 Å². The van der Waals surface area contributed by atoms with Gasteiger partial charge in [0.1, 0.15) is 5.75 Å². The zero-order chi connectivity index (χ0) is 21.4. The van der Waals surface area contributed by atoms with Crippen LogP contribution in [0.15, 0.2) is 54.6 Å². The number of amides is 1. The first-order valence-electron chi connectivity index (χ1n) is 9.66. The number of hydrogen-bond acceptors (Lipinski definition) is 6. The number of carbonyl (C=O) groups is 2. The fraction of sp³-hybridized carbons (Fsp3) is 0.333. The zero-order valence-electron chi connectivity index (χ0n) is 16.4. The average molecular weight is 430 g/mol. The Kier molecular flexibility index (Phi) is 5.15. The van der Waals surface area contributed by atoms with E-state index in [1.165, 1.54) is 4.31 Å². The van der Waals surface area contributed by atoms with Crippen LogP contribution < -0.4 is 14.4 Å². The van der Waals surface area contributed by atoms with Crippen molar-refractivity contribution in [2.24, 2.45) is 5.92 Å². The van der Waals surface area contributed by atoms with Gasteiger partial charge in [0.2, 0.25) is 15.9 Å². The maximum Gasteiger partial charge on any atom is 0.344 e. The summed E-state index contributed by atoms with van der Waals surface area (Å²) in [6.45, 7) is 2.09. The molecule has 1 amide bonds. The van der Waals surface area contributed by atoms with Gasteiger partial charge in [0, 0.05) is 18.2 Å². The lowest BCUT2D eigenvalue weighted by Gasteiger charge is -2.22. The highest BCUT2D eigenvalue weighted by molar-refractivity contribution is 7.95.